The molecule has 0 radical (unpaired) electrons. The van der Waals surface area contributed by atoms with Gasteiger partial charge in [-0.3, -0.25) is 0 Å². The lowest BCUT2D eigenvalue weighted by molar-refractivity contribution is -0.633. The molecule has 0 atom stereocenters. The first-order valence-electron chi connectivity index (χ1n) is 9.05. The summed E-state index contributed by atoms with van der Waals surface area (Å²) in [5.41, 5.74) is -5.31. The summed E-state index contributed by atoms with van der Waals surface area (Å²) in [4.78, 5) is 0. The predicted molar refractivity (Wildman–Crippen MR) is 104 cm³/mol. The molecule has 5 rings (SSSR count). The van der Waals surface area contributed by atoms with Gasteiger partial charge >= 0.3 is 15.6 Å². The van der Waals surface area contributed by atoms with Crippen molar-refractivity contribution in [1.82, 2.24) is 0 Å². The first-order valence-corrected chi connectivity index (χ1v) is 10.5. The van der Waals surface area contributed by atoms with Crippen LogP contribution in [0.4, 0.5) is 22.0 Å². The van der Waals surface area contributed by atoms with E-state index in [2.05, 4.69) is 4.18 Å². The Kier molecular flexibility index (Phi) is 4.16. The van der Waals surface area contributed by atoms with Gasteiger partial charge < -0.3 is 8.92 Å². The molecule has 32 heavy (non-hydrogen) atoms. The fourth-order valence-corrected chi connectivity index (χ4v) is 4.36. The van der Waals surface area contributed by atoms with E-state index >= 15 is 4.39 Å². The van der Waals surface area contributed by atoms with Crippen LogP contribution in [0.25, 0.3) is 32.9 Å². The molecular weight excluding hydrogens is 457 g/mol. The third-order valence-electron chi connectivity index (χ3n) is 5.20. The summed E-state index contributed by atoms with van der Waals surface area (Å²) in [6.45, 7) is 0. The third-order valence-corrected chi connectivity index (χ3v) is 6.17. The molecule has 0 unspecified atom stereocenters. The molecule has 0 saturated carbocycles. The Hall–Kier alpha value is -3.47. The smallest absolute Gasteiger partial charge is 0.456 e. The van der Waals surface area contributed by atoms with Crippen molar-refractivity contribution in [2.24, 2.45) is 7.05 Å². The highest BCUT2D eigenvalue weighted by molar-refractivity contribution is 7.88. The average molecular weight is 468 g/mol. The highest BCUT2D eigenvalue weighted by atomic mass is 32.2. The number of aromatic nitrogens is 1. The Bertz CT molecular complexity index is 1570. The molecule has 0 amide bonds. The van der Waals surface area contributed by atoms with Crippen LogP contribution in [-0.2, 0) is 17.2 Å². The molecule has 2 heterocycles. The Balaban J connectivity index is 1.88. The SMILES string of the molecule is C[n+]1c2c3c(cccc3c3ccc(OS(=O)(=O)C(F)(F)F)c(F)c31)Oc1ccc(F)cc1-2. The fraction of sp³-hybridized carbons (Fsp3) is 0.0952. The van der Waals surface area contributed by atoms with Gasteiger partial charge in [-0.2, -0.15) is 30.5 Å². The Morgan fingerprint density at radius 1 is 0.969 bits per heavy atom. The van der Waals surface area contributed by atoms with E-state index in [1.54, 1.807) is 18.2 Å². The van der Waals surface area contributed by atoms with E-state index in [-0.39, 0.29) is 10.9 Å². The average Bonchev–Trinajstić information content (AvgIpc) is 2.71. The van der Waals surface area contributed by atoms with Crippen LogP contribution in [0.3, 0.4) is 0 Å². The normalized spacial score (nSPS) is 13.2. The minimum absolute atomic E-state index is 0.225. The number of ether oxygens (including phenoxy) is 1. The number of rotatable bonds is 2. The lowest BCUT2D eigenvalue weighted by Crippen LogP contribution is -2.34. The molecule has 0 spiro atoms. The first-order chi connectivity index (χ1) is 15.0. The van der Waals surface area contributed by atoms with Crippen molar-refractivity contribution in [3.05, 3.63) is 60.2 Å². The maximum absolute atomic E-state index is 15.4. The van der Waals surface area contributed by atoms with Crippen LogP contribution in [0.2, 0.25) is 0 Å². The van der Waals surface area contributed by atoms with Gasteiger partial charge in [-0.05, 0) is 36.4 Å². The number of hydrogen-bond acceptors (Lipinski definition) is 4. The van der Waals surface area contributed by atoms with Crippen LogP contribution in [0.15, 0.2) is 48.5 Å². The van der Waals surface area contributed by atoms with Crippen LogP contribution in [0.5, 0.6) is 17.2 Å². The van der Waals surface area contributed by atoms with Crippen LogP contribution >= 0.6 is 0 Å². The molecule has 1 aliphatic heterocycles. The van der Waals surface area contributed by atoms with Crippen molar-refractivity contribution < 1.29 is 43.9 Å². The lowest BCUT2D eigenvalue weighted by atomic mass is 9.96. The summed E-state index contributed by atoms with van der Waals surface area (Å²) in [6, 6.07) is 10.8. The highest BCUT2D eigenvalue weighted by Gasteiger charge is 2.49. The molecule has 1 aliphatic rings. The topological polar surface area (TPSA) is 56.5 Å². The first kappa shape index (κ1) is 20.4. The molecule has 5 nitrogen and oxygen atoms in total. The summed E-state index contributed by atoms with van der Waals surface area (Å²) in [5.74, 6) is -2.28. The van der Waals surface area contributed by atoms with E-state index in [0.29, 0.717) is 33.5 Å². The number of alkyl halides is 3. The van der Waals surface area contributed by atoms with E-state index in [1.807, 2.05) is 0 Å². The van der Waals surface area contributed by atoms with E-state index in [4.69, 9.17) is 4.74 Å². The Labute approximate surface area is 177 Å². The molecule has 0 N–H and O–H groups in total. The molecule has 0 fully saturated rings. The molecule has 0 bridgehead atoms. The molecule has 11 heteroatoms. The van der Waals surface area contributed by atoms with Gasteiger partial charge in [-0.25, -0.2) is 4.39 Å². The quantitative estimate of drug-likeness (QED) is 0.119. The van der Waals surface area contributed by atoms with Crippen LogP contribution < -0.4 is 13.5 Å². The second kappa shape index (κ2) is 6.52. The number of pyridine rings is 1. The summed E-state index contributed by atoms with van der Waals surface area (Å²) >= 11 is 0. The largest absolute Gasteiger partial charge is 0.534 e. The summed E-state index contributed by atoms with van der Waals surface area (Å²) in [6.07, 6.45) is 0. The summed E-state index contributed by atoms with van der Waals surface area (Å²) in [5, 5.41) is 1.28. The zero-order valence-electron chi connectivity index (χ0n) is 16.0. The van der Waals surface area contributed by atoms with Crippen molar-refractivity contribution in [2.45, 2.75) is 5.51 Å². The molecule has 164 valence electrons. The van der Waals surface area contributed by atoms with Gasteiger partial charge in [0.2, 0.25) is 11.5 Å². The zero-order valence-corrected chi connectivity index (χ0v) is 16.8. The minimum atomic E-state index is -6.08. The van der Waals surface area contributed by atoms with Gasteiger partial charge in [0, 0.05) is 5.39 Å². The van der Waals surface area contributed by atoms with Gasteiger partial charge in [0.25, 0.3) is 5.52 Å². The lowest BCUT2D eigenvalue weighted by Gasteiger charge is -2.20. The predicted octanol–water partition coefficient (Wildman–Crippen LogP) is 5.10. The van der Waals surface area contributed by atoms with E-state index in [9.17, 15) is 26.0 Å². The van der Waals surface area contributed by atoms with Crippen molar-refractivity contribution >= 4 is 31.8 Å². The molecule has 0 aliphatic carbocycles. The number of hydrogen-bond donors (Lipinski definition) is 0. The van der Waals surface area contributed by atoms with Crippen molar-refractivity contribution in [2.75, 3.05) is 0 Å². The third kappa shape index (κ3) is 2.80. The summed E-state index contributed by atoms with van der Waals surface area (Å²) < 4.78 is 102. The number of halogens is 5. The van der Waals surface area contributed by atoms with Crippen LogP contribution in [0.1, 0.15) is 0 Å². The molecular formula is C21H11F5NO4S+. The maximum atomic E-state index is 15.4. The van der Waals surface area contributed by atoms with E-state index in [1.165, 1.54) is 35.9 Å². The van der Waals surface area contributed by atoms with Gasteiger partial charge in [-0.15, -0.1) is 0 Å². The minimum Gasteiger partial charge on any atom is -0.456 e. The zero-order chi connectivity index (χ0) is 23.0. The fourth-order valence-electron chi connectivity index (χ4n) is 3.90. The van der Waals surface area contributed by atoms with E-state index < -0.39 is 33.0 Å². The second-order valence-corrected chi connectivity index (χ2v) is 8.62. The van der Waals surface area contributed by atoms with Crippen molar-refractivity contribution in [3.8, 4) is 28.5 Å². The Morgan fingerprint density at radius 3 is 2.44 bits per heavy atom. The Morgan fingerprint density at radius 2 is 1.72 bits per heavy atom. The van der Waals surface area contributed by atoms with Crippen molar-refractivity contribution in [3.63, 3.8) is 0 Å². The van der Waals surface area contributed by atoms with Gasteiger partial charge in [0.1, 0.15) is 24.4 Å². The monoisotopic (exact) mass is 468 g/mol. The summed E-state index contributed by atoms with van der Waals surface area (Å²) in [7, 11) is -4.65. The van der Waals surface area contributed by atoms with Crippen LogP contribution in [0, 0.1) is 11.6 Å². The second-order valence-electron chi connectivity index (χ2n) is 7.09. The van der Waals surface area contributed by atoms with Gasteiger partial charge in [-0.1, -0.05) is 12.1 Å². The highest BCUT2D eigenvalue weighted by Crippen LogP contribution is 2.47. The van der Waals surface area contributed by atoms with Crippen LogP contribution in [-0.4, -0.2) is 13.9 Å². The molecule has 1 aromatic heterocycles. The van der Waals surface area contributed by atoms with Gasteiger partial charge in [0.05, 0.1) is 16.3 Å². The molecule has 3 aromatic carbocycles. The number of fused-ring (bicyclic) bond motifs is 4. The number of aryl methyl sites for hydroxylation is 1. The standard InChI is InChI=1S/C21H11F5NO4S/c1-27-19-13-9-10(22)5-7-14(13)30-15-4-2-3-11(17(15)19)12-6-8-16(18(23)20(12)27)31-32(28,29)21(24,25)26/h2-9H,1H3/q+1. The van der Waals surface area contributed by atoms with E-state index in [0.717, 1.165) is 6.07 Å². The molecule has 4 aromatic rings. The molecule has 0 saturated heterocycles. The van der Waals surface area contributed by atoms with Gasteiger partial charge in [0.15, 0.2) is 5.75 Å². The maximum Gasteiger partial charge on any atom is 0.534 e. The number of benzene rings is 3. The number of nitrogens with zero attached hydrogens (tertiary/aromatic N) is 1. The van der Waals surface area contributed by atoms with Crippen molar-refractivity contribution in [1.29, 1.82) is 0 Å².